The van der Waals surface area contributed by atoms with E-state index in [0.717, 1.165) is 22.2 Å². The van der Waals surface area contributed by atoms with Gasteiger partial charge in [-0.05, 0) is 12.1 Å². The summed E-state index contributed by atoms with van der Waals surface area (Å²) >= 11 is 7.48. The van der Waals surface area contributed by atoms with Crippen LogP contribution in [0.5, 0.6) is 0 Å². The molecule has 6 heteroatoms. The zero-order chi connectivity index (χ0) is 13.9. The molecule has 4 nitrogen and oxygen atoms in total. The van der Waals surface area contributed by atoms with Crippen molar-refractivity contribution in [1.29, 1.82) is 0 Å². The fraction of sp³-hybridized carbons (Fsp3) is 0.143. The Morgan fingerprint density at radius 2 is 2.10 bits per heavy atom. The van der Waals surface area contributed by atoms with Gasteiger partial charge in [0.25, 0.3) is 0 Å². The molecular formula is C14H12ClN3OS. The van der Waals surface area contributed by atoms with Gasteiger partial charge in [-0.25, -0.2) is 4.98 Å². The average Bonchev–Trinajstić information content (AvgIpc) is 3.06. The van der Waals surface area contributed by atoms with Gasteiger partial charge in [0.05, 0.1) is 5.75 Å². The van der Waals surface area contributed by atoms with Crippen LogP contribution in [0.15, 0.2) is 52.4 Å². The topological polar surface area (TPSA) is 43.9 Å². The zero-order valence-corrected chi connectivity index (χ0v) is 12.4. The summed E-state index contributed by atoms with van der Waals surface area (Å²) in [6, 6.07) is 9.48. The van der Waals surface area contributed by atoms with Gasteiger partial charge in [0, 0.05) is 36.1 Å². The first-order valence-electron chi connectivity index (χ1n) is 6.04. The summed E-state index contributed by atoms with van der Waals surface area (Å²) < 4.78 is 7.32. The molecule has 0 amide bonds. The molecule has 0 spiro atoms. The Balaban J connectivity index is 1.71. The Morgan fingerprint density at radius 3 is 2.80 bits per heavy atom. The average molecular weight is 306 g/mol. The van der Waals surface area contributed by atoms with Crippen LogP contribution >= 0.6 is 23.4 Å². The Kier molecular flexibility index (Phi) is 3.80. The number of aryl methyl sites for hydroxylation is 1. The highest BCUT2D eigenvalue weighted by Crippen LogP contribution is 2.25. The molecule has 0 bridgehead atoms. The van der Waals surface area contributed by atoms with Gasteiger partial charge in [0.15, 0.2) is 5.16 Å². The van der Waals surface area contributed by atoms with Crippen molar-refractivity contribution in [3.63, 3.8) is 0 Å². The van der Waals surface area contributed by atoms with Gasteiger partial charge in [0.1, 0.15) is 11.5 Å². The van der Waals surface area contributed by atoms with E-state index in [0.29, 0.717) is 10.8 Å². The molecule has 20 heavy (non-hydrogen) atoms. The zero-order valence-electron chi connectivity index (χ0n) is 10.8. The summed E-state index contributed by atoms with van der Waals surface area (Å²) in [5.41, 5.74) is 1.81. The van der Waals surface area contributed by atoms with Crippen molar-refractivity contribution >= 4 is 23.4 Å². The number of halogens is 1. The lowest BCUT2D eigenvalue weighted by Crippen LogP contribution is -1.88. The van der Waals surface area contributed by atoms with E-state index in [-0.39, 0.29) is 0 Å². The second-order valence-electron chi connectivity index (χ2n) is 4.29. The van der Waals surface area contributed by atoms with E-state index in [1.54, 1.807) is 18.0 Å². The third-order valence-electron chi connectivity index (χ3n) is 2.82. The maximum Gasteiger partial charge on any atom is 0.168 e. The summed E-state index contributed by atoms with van der Waals surface area (Å²) in [7, 11) is 1.97. The molecule has 0 N–H and O–H groups in total. The maximum absolute atomic E-state index is 5.87. The molecule has 2 aromatic heterocycles. The van der Waals surface area contributed by atoms with Gasteiger partial charge in [-0.3, -0.25) is 0 Å². The number of hydrogen-bond acceptors (Lipinski definition) is 4. The molecule has 3 rings (SSSR count). The molecule has 0 aliphatic heterocycles. The lowest BCUT2D eigenvalue weighted by Gasteiger charge is -1.97. The van der Waals surface area contributed by atoms with E-state index in [1.807, 2.05) is 48.1 Å². The first-order valence-corrected chi connectivity index (χ1v) is 7.40. The smallest absolute Gasteiger partial charge is 0.168 e. The van der Waals surface area contributed by atoms with Crippen molar-refractivity contribution in [1.82, 2.24) is 14.7 Å². The molecule has 0 saturated heterocycles. The predicted molar refractivity (Wildman–Crippen MR) is 79.7 cm³/mol. The van der Waals surface area contributed by atoms with E-state index in [1.165, 1.54) is 0 Å². The SMILES string of the molecule is Cn1ccnc1SCc1cc(-c2ccc(Cl)cc2)no1. The molecule has 0 atom stereocenters. The Bertz CT molecular complexity index is 705. The minimum absolute atomic E-state index is 0.700. The molecular weight excluding hydrogens is 294 g/mol. The third kappa shape index (κ3) is 2.89. The maximum atomic E-state index is 5.87. The highest BCUT2D eigenvalue weighted by atomic mass is 35.5. The lowest BCUT2D eigenvalue weighted by molar-refractivity contribution is 0.397. The molecule has 3 aromatic rings. The quantitative estimate of drug-likeness (QED) is 0.683. The van der Waals surface area contributed by atoms with Crippen LogP contribution in [0.2, 0.25) is 5.02 Å². The summed E-state index contributed by atoms with van der Waals surface area (Å²) in [6.07, 6.45) is 3.70. The fourth-order valence-corrected chi connectivity index (χ4v) is 2.70. The van der Waals surface area contributed by atoms with Crippen LogP contribution in [-0.4, -0.2) is 14.7 Å². The predicted octanol–water partition coefficient (Wildman–Crippen LogP) is 4.02. The van der Waals surface area contributed by atoms with Crippen molar-refractivity contribution < 1.29 is 4.52 Å². The Labute approximate surface area is 125 Å². The number of aromatic nitrogens is 3. The molecule has 0 saturated carbocycles. The molecule has 2 heterocycles. The number of imidazole rings is 1. The molecule has 0 unspecified atom stereocenters. The molecule has 102 valence electrons. The molecule has 0 aliphatic carbocycles. The summed E-state index contributed by atoms with van der Waals surface area (Å²) in [5, 5.41) is 5.74. The first-order chi connectivity index (χ1) is 9.72. The van der Waals surface area contributed by atoms with Crippen LogP contribution in [0.3, 0.4) is 0 Å². The number of rotatable bonds is 4. The van der Waals surface area contributed by atoms with Crippen LogP contribution < -0.4 is 0 Å². The molecule has 0 radical (unpaired) electrons. The van der Waals surface area contributed by atoms with Crippen LogP contribution in [0.4, 0.5) is 0 Å². The third-order valence-corrected chi connectivity index (χ3v) is 4.15. The number of nitrogens with zero attached hydrogens (tertiary/aromatic N) is 3. The Morgan fingerprint density at radius 1 is 1.30 bits per heavy atom. The number of hydrogen-bond donors (Lipinski definition) is 0. The van der Waals surface area contributed by atoms with Gasteiger partial charge in [-0.2, -0.15) is 0 Å². The standard InChI is InChI=1S/C14H12ClN3OS/c1-18-7-6-16-14(18)20-9-12-8-13(17-19-12)10-2-4-11(15)5-3-10/h2-8H,9H2,1H3. The van der Waals surface area contributed by atoms with E-state index >= 15 is 0 Å². The van der Waals surface area contributed by atoms with E-state index in [9.17, 15) is 0 Å². The molecule has 1 aromatic carbocycles. The van der Waals surface area contributed by atoms with Crippen molar-refractivity contribution in [3.05, 3.63) is 53.5 Å². The lowest BCUT2D eigenvalue weighted by atomic mass is 10.1. The van der Waals surface area contributed by atoms with Crippen LogP contribution in [0.1, 0.15) is 5.76 Å². The van der Waals surface area contributed by atoms with Crippen LogP contribution in [-0.2, 0) is 12.8 Å². The highest BCUT2D eigenvalue weighted by Gasteiger charge is 2.08. The summed E-state index contributed by atoms with van der Waals surface area (Å²) in [5.74, 6) is 1.52. The monoisotopic (exact) mass is 305 g/mol. The number of thioether (sulfide) groups is 1. The summed E-state index contributed by atoms with van der Waals surface area (Å²) in [4.78, 5) is 4.25. The first kappa shape index (κ1) is 13.3. The van der Waals surface area contributed by atoms with Crippen molar-refractivity contribution in [3.8, 4) is 11.3 Å². The van der Waals surface area contributed by atoms with Crippen molar-refractivity contribution in [2.75, 3.05) is 0 Å². The highest BCUT2D eigenvalue weighted by molar-refractivity contribution is 7.98. The molecule has 0 fully saturated rings. The normalized spacial score (nSPS) is 10.9. The van der Waals surface area contributed by atoms with Gasteiger partial charge in [-0.1, -0.05) is 40.7 Å². The van der Waals surface area contributed by atoms with Gasteiger partial charge in [-0.15, -0.1) is 0 Å². The van der Waals surface area contributed by atoms with Gasteiger partial charge in [0.2, 0.25) is 0 Å². The minimum atomic E-state index is 0.700. The van der Waals surface area contributed by atoms with Crippen molar-refractivity contribution in [2.45, 2.75) is 10.9 Å². The molecule has 0 aliphatic rings. The van der Waals surface area contributed by atoms with E-state index < -0.39 is 0 Å². The largest absolute Gasteiger partial charge is 0.360 e. The Hall–Kier alpha value is -1.72. The van der Waals surface area contributed by atoms with Crippen LogP contribution in [0, 0.1) is 0 Å². The van der Waals surface area contributed by atoms with E-state index in [2.05, 4.69) is 10.1 Å². The fourth-order valence-electron chi connectivity index (χ4n) is 1.76. The van der Waals surface area contributed by atoms with Gasteiger partial charge < -0.3 is 9.09 Å². The number of benzene rings is 1. The second kappa shape index (κ2) is 5.73. The van der Waals surface area contributed by atoms with Gasteiger partial charge >= 0.3 is 0 Å². The minimum Gasteiger partial charge on any atom is -0.360 e. The summed E-state index contributed by atoms with van der Waals surface area (Å²) in [6.45, 7) is 0. The van der Waals surface area contributed by atoms with E-state index in [4.69, 9.17) is 16.1 Å². The second-order valence-corrected chi connectivity index (χ2v) is 5.67. The van der Waals surface area contributed by atoms with Crippen molar-refractivity contribution in [2.24, 2.45) is 7.05 Å². The van der Waals surface area contributed by atoms with Crippen LogP contribution in [0.25, 0.3) is 11.3 Å².